The smallest absolute Gasteiger partial charge is 0.164 e. The number of benzene rings is 1. The number of nitrogens with two attached hydrogens (primary N) is 2. The van der Waals surface area contributed by atoms with Crippen molar-refractivity contribution in [1.29, 1.82) is 10.5 Å². The van der Waals surface area contributed by atoms with Gasteiger partial charge in [0, 0.05) is 5.56 Å². The largest absolute Gasteiger partial charge is 0.383 e. The first kappa shape index (κ1) is 13.5. The van der Waals surface area contributed by atoms with Crippen molar-refractivity contribution < 1.29 is 0 Å². The summed E-state index contributed by atoms with van der Waals surface area (Å²) in [5.74, 6) is 0.267. The molecule has 0 amide bonds. The number of nitrogen functional groups attached to an aromatic ring is 2. The molecule has 0 aliphatic rings. The van der Waals surface area contributed by atoms with Gasteiger partial charge in [-0.15, -0.1) is 5.10 Å². The minimum atomic E-state index is 0.0964. The fourth-order valence-corrected chi connectivity index (χ4v) is 2.41. The van der Waals surface area contributed by atoms with E-state index in [0.717, 1.165) is 11.1 Å². The van der Waals surface area contributed by atoms with Crippen LogP contribution in [0.2, 0.25) is 0 Å². The summed E-state index contributed by atoms with van der Waals surface area (Å²) in [5.41, 5.74) is 15.5. The van der Waals surface area contributed by atoms with E-state index in [-0.39, 0.29) is 17.2 Å². The third-order valence-electron chi connectivity index (χ3n) is 3.57. The van der Waals surface area contributed by atoms with E-state index in [1.54, 1.807) is 6.07 Å². The van der Waals surface area contributed by atoms with Gasteiger partial charge in [-0.3, -0.25) is 0 Å². The quantitative estimate of drug-likeness (QED) is 0.712. The van der Waals surface area contributed by atoms with Crippen LogP contribution in [-0.2, 0) is 0 Å². The Morgan fingerprint density at radius 3 is 2.27 bits per heavy atom. The lowest BCUT2D eigenvalue weighted by Crippen LogP contribution is -2.04. The number of nitrogens with zero attached hydrogens (tertiary/aromatic N) is 4. The predicted octanol–water partition coefficient (Wildman–Crippen LogP) is 2.22. The molecule has 0 unspecified atom stereocenters. The normalized spacial score (nSPS) is 10.3. The Balaban J connectivity index is 2.42. The van der Waals surface area contributed by atoms with Crippen LogP contribution in [0.4, 0.5) is 11.6 Å². The molecule has 0 saturated carbocycles. The Morgan fingerprint density at radius 1 is 1.05 bits per heavy atom. The van der Waals surface area contributed by atoms with Crippen molar-refractivity contribution in [2.24, 2.45) is 0 Å². The summed E-state index contributed by atoms with van der Waals surface area (Å²) in [6.45, 7) is 1.98. The predicted molar refractivity (Wildman–Crippen MR) is 83.6 cm³/mol. The second kappa shape index (κ2) is 4.80. The molecule has 0 bridgehead atoms. The molecule has 6 heteroatoms. The Hall–Kier alpha value is -3.51. The Kier molecular flexibility index (Phi) is 2.94. The molecule has 106 valence electrons. The third-order valence-corrected chi connectivity index (χ3v) is 3.57. The van der Waals surface area contributed by atoms with Gasteiger partial charge < -0.3 is 11.5 Å². The molecule has 2 heterocycles. The van der Waals surface area contributed by atoms with Gasteiger partial charge in [-0.25, -0.2) is 4.52 Å². The minimum absolute atomic E-state index is 0.0964. The van der Waals surface area contributed by atoms with Crippen LogP contribution in [0.25, 0.3) is 16.6 Å². The Bertz CT molecular complexity index is 967. The number of hydrogen-bond donors (Lipinski definition) is 2. The highest BCUT2D eigenvalue weighted by Gasteiger charge is 2.18. The standard InChI is InChI=1S/C16H12N6/c1-9-2-4-10(5-3-9)11-6-14-13(8-18)15(19)21-22(14)16(20)12(11)7-17/h2-6H,20H2,1H3,(H2,19,21). The van der Waals surface area contributed by atoms with Gasteiger partial charge in [-0.1, -0.05) is 29.8 Å². The molecule has 6 nitrogen and oxygen atoms in total. The molecule has 2 aromatic heterocycles. The van der Waals surface area contributed by atoms with Gasteiger partial charge in [0.15, 0.2) is 5.82 Å². The van der Waals surface area contributed by atoms with E-state index in [1.807, 2.05) is 37.3 Å². The summed E-state index contributed by atoms with van der Waals surface area (Å²) in [6, 6.07) is 13.6. The van der Waals surface area contributed by atoms with Gasteiger partial charge >= 0.3 is 0 Å². The molecule has 3 aromatic rings. The van der Waals surface area contributed by atoms with Crippen molar-refractivity contribution in [3.63, 3.8) is 0 Å². The van der Waals surface area contributed by atoms with E-state index >= 15 is 0 Å². The Morgan fingerprint density at radius 2 is 1.68 bits per heavy atom. The highest BCUT2D eigenvalue weighted by atomic mass is 15.3. The average molecular weight is 288 g/mol. The number of nitriles is 2. The van der Waals surface area contributed by atoms with E-state index in [4.69, 9.17) is 11.5 Å². The summed E-state index contributed by atoms with van der Waals surface area (Å²) in [7, 11) is 0. The summed E-state index contributed by atoms with van der Waals surface area (Å²) < 4.78 is 1.34. The first-order valence-corrected chi connectivity index (χ1v) is 6.54. The zero-order valence-electron chi connectivity index (χ0n) is 11.8. The van der Waals surface area contributed by atoms with Gasteiger partial charge in [0.1, 0.15) is 29.1 Å². The molecular formula is C16H12N6. The molecule has 22 heavy (non-hydrogen) atoms. The molecule has 0 radical (unpaired) electrons. The summed E-state index contributed by atoms with van der Waals surface area (Å²) in [4.78, 5) is 0. The van der Waals surface area contributed by atoms with Crippen molar-refractivity contribution in [3.05, 3.63) is 47.0 Å². The lowest BCUT2D eigenvalue weighted by atomic mass is 9.99. The maximum absolute atomic E-state index is 9.44. The van der Waals surface area contributed by atoms with E-state index < -0.39 is 0 Å². The topological polar surface area (TPSA) is 117 Å². The van der Waals surface area contributed by atoms with Gasteiger partial charge in [-0.05, 0) is 18.6 Å². The second-order valence-corrected chi connectivity index (χ2v) is 4.97. The Labute approximate surface area is 126 Å². The van der Waals surface area contributed by atoms with Gasteiger partial charge in [0.2, 0.25) is 0 Å². The number of fused-ring (bicyclic) bond motifs is 1. The second-order valence-electron chi connectivity index (χ2n) is 4.97. The van der Waals surface area contributed by atoms with Crippen LogP contribution in [0.3, 0.4) is 0 Å². The van der Waals surface area contributed by atoms with Gasteiger partial charge in [-0.2, -0.15) is 10.5 Å². The summed E-state index contributed by atoms with van der Waals surface area (Å²) in [5, 5.41) is 22.7. The van der Waals surface area contributed by atoms with Crippen molar-refractivity contribution in [3.8, 4) is 23.3 Å². The molecule has 0 saturated heterocycles. The maximum atomic E-state index is 9.44. The van der Waals surface area contributed by atoms with E-state index in [1.165, 1.54) is 4.52 Å². The number of pyridine rings is 1. The lowest BCUT2D eigenvalue weighted by Gasteiger charge is -2.09. The molecule has 0 spiro atoms. The monoisotopic (exact) mass is 288 g/mol. The van der Waals surface area contributed by atoms with E-state index in [9.17, 15) is 10.5 Å². The zero-order valence-corrected chi connectivity index (χ0v) is 11.8. The van der Waals surface area contributed by atoms with Crippen molar-refractivity contribution >= 4 is 17.2 Å². The number of hydrogen-bond acceptors (Lipinski definition) is 5. The first-order chi connectivity index (χ1) is 10.6. The zero-order chi connectivity index (χ0) is 15.9. The van der Waals surface area contributed by atoms with Crippen LogP contribution in [0, 0.1) is 29.6 Å². The highest BCUT2D eigenvalue weighted by Crippen LogP contribution is 2.32. The number of anilines is 2. The minimum Gasteiger partial charge on any atom is -0.383 e. The van der Waals surface area contributed by atoms with Gasteiger partial charge in [0.05, 0.1) is 5.52 Å². The maximum Gasteiger partial charge on any atom is 0.164 e. The van der Waals surface area contributed by atoms with Crippen molar-refractivity contribution in [2.45, 2.75) is 6.92 Å². The van der Waals surface area contributed by atoms with Crippen LogP contribution in [-0.4, -0.2) is 9.61 Å². The molecule has 1 aromatic carbocycles. The highest BCUT2D eigenvalue weighted by molar-refractivity contribution is 5.84. The average Bonchev–Trinajstić information content (AvgIpc) is 2.84. The van der Waals surface area contributed by atoms with Crippen LogP contribution >= 0.6 is 0 Å². The third kappa shape index (κ3) is 1.83. The van der Waals surface area contributed by atoms with Crippen LogP contribution in [0.1, 0.15) is 16.7 Å². The SMILES string of the molecule is Cc1ccc(-c2cc3c(C#N)c(N)nn3c(N)c2C#N)cc1. The molecule has 3 rings (SSSR count). The van der Waals surface area contributed by atoms with Crippen molar-refractivity contribution in [1.82, 2.24) is 9.61 Å². The van der Waals surface area contributed by atoms with Crippen molar-refractivity contribution in [2.75, 3.05) is 11.5 Å². The number of rotatable bonds is 1. The molecular weight excluding hydrogens is 276 g/mol. The molecule has 0 aliphatic carbocycles. The fourth-order valence-electron chi connectivity index (χ4n) is 2.41. The molecule has 0 aliphatic heterocycles. The van der Waals surface area contributed by atoms with Crippen LogP contribution in [0.15, 0.2) is 30.3 Å². The fraction of sp³-hybridized carbons (Fsp3) is 0.0625. The van der Waals surface area contributed by atoms with E-state index in [0.29, 0.717) is 16.6 Å². The molecule has 0 fully saturated rings. The summed E-state index contributed by atoms with van der Waals surface area (Å²) in [6.07, 6.45) is 0. The number of aromatic nitrogens is 2. The first-order valence-electron chi connectivity index (χ1n) is 6.54. The molecule has 4 N–H and O–H groups in total. The van der Waals surface area contributed by atoms with E-state index in [2.05, 4.69) is 11.2 Å². The van der Waals surface area contributed by atoms with Crippen LogP contribution in [0.5, 0.6) is 0 Å². The summed E-state index contributed by atoms with van der Waals surface area (Å²) >= 11 is 0. The number of aryl methyl sites for hydroxylation is 1. The molecule has 0 atom stereocenters. The van der Waals surface area contributed by atoms with Crippen LogP contribution < -0.4 is 11.5 Å². The lowest BCUT2D eigenvalue weighted by molar-refractivity contribution is 0.978. The van der Waals surface area contributed by atoms with Gasteiger partial charge in [0.25, 0.3) is 0 Å².